The molecule has 88 valence electrons. The average Bonchev–Trinajstić information content (AvgIpc) is 2.28. The molecule has 0 radical (unpaired) electrons. The summed E-state index contributed by atoms with van der Waals surface area (Å²) < 4.78 is 0. The summed E-state index contributed by atoms with van der Waals surface area (Å²) in [4.78, 5) is 22.0. The molecular weight excluding hydrogens is 216 g/mol. The summed E-state index contributed by atoms with van der Waals surface area (Å²) in [7, 11) is 0. The lowest BCUT2D eigenvalue weighted by Crippen LogP contribution is -2.03. The van der Waals surface area contributed by atoms with Gasteiger partial charge in [-0.3, -0.25) is 9.59 Å². The summed E-state index contributed by atoms with van der Waals surface area (Å²) in [6.07, 6.45) is 4.10. The number of rotatable bonds is 3. The molecule has 0 unspecified atom stereocenters. The fourth-order valence-electron chi connectivity index (χ4n) is 2.08. The van der Waals surface area contributed by atoms with Gasteiger partial charge in [-0.05, 0) is 35.6 Å². The maximum atomic E-state index is 11.3. The van der Waals surface area contributed by atoms with Crippen molar-refractivity contribution in [3.8, 4) is 0 Å². The summed E-state index contributed by atoms with van der Waals surface area (Å²) in [5, 5.41) is 8.74. The SMILES string of the molecule is O=C(O)Cc1cccc(C2=CC(=O)CCC2)c1. The Kier molecular flexibility index (Phi) is 3.38. The Hall–Kier alpha value is -1.90. The topological polar surface area (TPSA) is 54.4 Å². The van der Waals surface area contributed by atoms with Crippen LogP contribution in [0.25, 0.3) is 5.57 Å². The van der Waals surface area contributed by atoms with Crippen LogP contribution in [0.1, 0.15) is 30.4 Å². The minimum atomic E-state index is -0.837. The van der Waals surface area contributed by atoms with Crippen LogP contribution >= 0.6 is 0 Å². The van der Waals surface area contributed by atoms with Gasteiger partial charge in [-0.25, -0.2) is 0 Å². The highest BCUT2D eigenvalue weighted by Crippen LogP contribution is 2.25. The molecule has 2 rings (SSSR count). The molecule has 0 aromatic heterocycles. The standard InChI is InChI=1S/C14H14O3/c15-13-6-2-5-12(9-13)11-4-1-3-10(7-11)8-14(16)17/h1,3-4,7,9H,2,5-6,8H2,(H,16,17). The van der Waals surface area contributed by atoms with E-state index in [0.717, 1.165) is 29.5 Å². The molecule has 1 aromatic rings. The third kappa shape index (κ3) is 3.03. The van der Waals surface area contributed by atoms with Gasteiger partial charge in [0.2, 0.25) is 0 Å². The lowest BCUT2D eigenvalue weighted by Gasteiger charge is -2.12. The molecule has 0 amide bonds. The number of carbonyl (C=O) groups excluding carboxylic acids is 1. The van der Waals surface area contributed by atoms with Gasteiger partial charge < -0.3 is 5.11 Å². The van der Waals surface area contributed by atoms with Crippen LogP contribution in [0.3, 0.4) is 0 Å². The van der Waals surface area contributed by atoms with Gasteiger partial charge in [-0.1, -0.05) is 24.3 Å². The van der Waals surface area contributed by atoms with Crippen LogP contribution in [0.4, 0.5) is 0 Å². The van der Waals surface area contributed by atoms with Gasteiger partial charge in [0.25, 0.3) is 0 Å². The molecule has 1 aliphatic rings. The van der Waals surface area contributed by atoms with E-state index in [-0.39, 0.29) is 12.2 Å². The van der Waals surface area contributed by atoms with E-state index in [1.165, 1.54) is 0 Å². The lowest BCUT2D eigenvalue weighted by molar-refractivity contribution is -0.136. The number of hydrogen-bond acceptors (Lipinski definition) is 2. The molecule has 0 aliphatic heterocycles. The highest BCUT2D eigenvalue weighted by molar-refractivity contribution is 5.98. The quantitative estimate of drug-likeness (QED) is 0.867. The Balaban J connectivity index is 2.26. The molecular formula is C14H14O3. The first-order valence-corrected chi connectivity index (χ1v) is 5.69. The number of allylic oxidation sites excluding steroid dienone is 2. The zero-order valence-corrected chi connectivity index (χ0v) is 9.48. The van der Waals surface area contributed by atoms with Crippen molar-refractivity contribution in [1.82, 2.24) is 0 Å². The number of carbonyl (C=O) groups is 2. The molecule has 0 bridgehead atoms. The summed E-state index contributed by atoms with van der Waals surface area (Å²) >= 11 is 0. The van der Waals surface area contributed by atoms with Crippen molar-refractivity contribution in [3.63, 3.8) is 0 Å². The molecule has 3 heteroatoms. The molecule has 0 spiro atoms. The van der Waals surface area contributed by atoms with E-state index in [2.05, 4.69) is 0 Å². The molecule has 3 nitrogen and oxygen atoms in total. The highest BCUT2D eigenvalue weighted by atomic mass is 16.4. The largest absolute Gasteiger partial charge is 0.481 e. The number of aliphatic carboxylic acids is 1. The van der Waals surface area contributed by atoms with Crippen LogP contribution in [0.5, 0.6) is 0 Å². The molecule has 17 heavy (non-hydrogen) atoms. The van der Waals surface area contributed by atoms with Crippen molar-refractivity contribution in [2.75, 3.05) is 0 Å². The van der Waals surface area contributed by atoms with Crippen molar-refractivity contribution in [2.45, 2.75) is 25.7 Å². The zero-order chi connectivity index (χ0) is 12.3. The van der Waals surface area contributed by atoms with Crippen molar-refractivity contribution in [1.29, 1.82) is 0 Å². The van der Waals surface area contributed by atoms with Crippen LogP contribution in [-0.2, 0) is 16.0 Å². The third-order valence-electron chi connectivity index (χ3n) is 2.86. The maximum absolute atomic E-state index is 11.3. The van der Waals surface area contributed by atoms with E-state index in [4.69, 9.17) is 5.11 Å². The minimum absolute atomic E-state index is 0.0229. The van der Waals surface area contributed by atoms with Crippen molar-refractivity contribution in [3.05, 3.63) is 41.5 Å². The van der Waals surface area contributed by atoms with E-state index in [1.54, 1.807) is 12.1 Å². The molecule has 0 fully saturated rings. The first-order valence-electron chi connectivity index (χ1n) is 5.69. The second-order valence-electron chi connectivity index (χ2n) is 4.26. The fraction of sp³-hybridized carbons (Fsp3) is 0.286. The number of benzene rings is 1. The summed E-state index contributed by atoms with van der Waals surface area (Å²) in [6, 6.07) is 7.42. The molecule has 1 aromatic carbocycles. The van der Waals surface area contributed by atoms with Crippen molar-refractivity contribution in [2.24, 2.45) is 0 Å². The van der Waals surface area contributed by atoms with Gasteiger partial charge in [-0.2, -0.15) is 0 Å². The highest BCUT2D eigenvalue weighted by Gasteiger charge is 2.12. The van der Waals surface area contributed by atoms with Gasteiger partial charge in [-0.15, -0.1) is 0 Å². The zero-order valence-electron chi connectivity index (χ0n) is 9.48. The molecule has 0 saturated heterocycles. The Morgan fingerprint density at radius 2 is 2.12 bits per heavy atom. The Bertz CT molecular complexity index is 486. The van der Waals surface area contributed by atoms with Gasteiger partial charge in [0, 0.05) is 6.42 Å². The van der Waals surface area contributed by atoms with E-state index in [1.807, 2.05) is 18.2 Å². The van der Waals surface area contributed by atoms with Gasteiger partial charge in [0.15, 0.2) is 5.78 Å². The lowest BCUT2D eigenvalue weighted by atomic mass is 9.92. The molecule has 0 atom stereocenters. The fourth-order valence-corrected chi connectivity index (χ4v) is 2.08. The molecule has 0 saturated carbocycles. The van der Waals surface area contributed by atoms with Gasteiger partial charge in [0.1, 0.15) is 0 Å². The van der Waals surface area contributed by atoms with Crippen LogP contribution in [-0.4, -0.2) is 16.9 Å². The Morgan fingerprint density at radius 3 is 2.82 bits per heavy atom. The Labute approximate surface area is 99.8 Å². The minimum Gasteiger partial charge on any atom is -0.481 e. The third-order valence-corrected chi connectivity index (χ3v) is 2.86. The molecule has 0 heterocycles. The maximum Gasteiger partial charge on any atom is 0.307 e. The smallest absolute Gasteiger partial charge is 0.307 e. The second kappa shape index (κ2) is 4.95. The normalized spacial score (nSPS) is 15.5. The van der Waals surface area contributed by atoms with Crippen LogP contribution in [0, 0.1) is 0 Å². The number of ketones is 1. The summed E-state index contributed by atoms with van der Waals surface area (Å²) in [6.45, 7) is 0. The predicted octanol–water partition coefficient (Wildman–Crippen LogP) is 2.45. The second-order valence-corrected chi connectivity index (χ2v) is 4.26. The first-order chi connectivity index (χ1) is 8.15. The summed E-state index contributed by atoms with van der Waals surface area (Å²) in [5.74, 6) is -0.675. The van der Waals surface area contributed by atoms with E-state index >= 15 is 0 Å². The molecule has 1 aliphatic carbocycles. The number of carboxylic acids is 1. The predicted molar refractivity (Wildman–Crippen MR) is 64.6 cm³/mol. The van der Waals surface area contributed by atoms with Crippen LogP contribution in [0.2, 0.25) is 0 Å². The summed E-state index contributed by atoms with van der Waals surface area (Å²) in [5.41, 5.74) is 2.76. The van der Waals surface area contributed by atoms with Gasteiger partial charge >= 0.3 is 5.97 Å². The van der Waals surface area contributed by atoms with Crippen LogP contribution in [0.15, 0.2) is 30.3 Å². The molecule has 1 N–H and O–H groups in total. The number of hydrogen-bond donors (Lipinski definition) is 1. The van der Waals surface area contributed by atoms with Crippen molar-refractivity contribution < 1.29 is 14.7 Å². The van der Waals surface area contributed by atoms with E-state index in [9.17, 15) is 9.59 Å². The first kappa shape index (κ1) is 11.6. The van der Waals surface area contributed by atoms with E-state index < -0.39 is 5.97 Å². The van der Waals surface area contributed by atoms with E-state index in [0.29, 0.717) is 6.42 Å². The average molecular weight is 230 g/mol. The Morgan fingerprint density at radius 1 is 1.29 bits per heavy atom. The number of carboxylic acid groups (broad SMARTS) is 1. The van der Waals surface area contributed by atoms with Crippen LogP contribution < -0.4 is 0 Å². The van der Waals surface area contributed by atoms with Crippen molar-refractivity contribution >= 4 is 17.3 Å². The monoisotopic (exact) mass is 230 g/mol. The van der Waals surface area contributed by atoms with Gasteiger partial charge in [0.05, 0.1) is 6.42 Å².